The third-order valence-electron chi connectivity index (χ3n) is 3.59. The highest BCUT2D eigenvalue weighted by atomic mass is 79.9. The quantitative estimate of drug-likeness (QED) is 0.674. The van der Waals surface area contributed by atoms with E-state index in [2.05, 4.69) is 30.8 Å². The largest absolute Gasteiger partial charge is 0.507 e. The first kappa shape index (κ1) is 15.6. The molecule has 0 unspecified atom stereocenters. The molecular formula is C17H16BrN3O2. The van der Waals surface area contributed by atoms with Gasteiger partial charge >= 0.3 is 0 Å². The predicted molar refractivity (Wildman–Crippen MR) is 92.5 cm³/mol. The van der Waals surface area contributed by atoms with Crippen LogP contribution in [-0.2, 0) is 6.54 Å². The maximum absolute atomic E-state index is 12.1. The number of aromatic nitrogens is 2. The van der Waals surface area contributed by atoms with Crippen molar-refractivity contribution in [3.63, 3.8) is 0 Å². The molecule has 1 heterocycles. The number of amides is 1. The summed E-state index contributed by atoms with van der Waals surface area (Å²) in [6, 6.07) is 12.7. The molecule has 3 aromatic rings. The van der Waals surface area contributed by atoms with Crippen molar-refractivity contribution in [1.82, 2.24) is 14.9 Å². The Labute approximate surface area is 142 Å². The number of aryl methyl sites for hydroxylation is 1. The van der Waals surface area contributed by atoms with E-state index in [1.165, 1.54) is 6.07 Å². The van der Waals surface area contributed by atoms with Crippen LogP contribution in [0.3, 0.4) is 0 Å². The minimum Gasteiger partial charge on any atom is -0.507 e. The van der Waals surface area contributed by atoms with Gasteiger partial charge in [0.2, 0.25) is 0 Å². The maximum atomic E-state index is 12.1. The number of para-hydroxylation sites is 2. The molecule has 0 aliphatic rings. The highest BCUT2D eigenvalue weighted by molar-refractivity contribution is 9.10. The smallest absolute Gasteiger partial charge is 0.255 e. The number of benzene rings is 2. The van der Waals surface area contributed by atoms with Crippen molar-refractivity contribution >= 4 is 32.9 Å². The van der Waals surface area contributed by atoms with E-state index < -0.39 is 0 Å². The van der Waals surface area contributed by atoms with Gasteiger partial charge in [-0.1, -0.05) is 28.1 Å². The van der Waals surface area contributed by atoms with Gasteiger partial charge in [0.05, 0.1) is 22.9 Å². The Morgan fingerprint density at radius 3 is 2.96 bits per heavy atom. The molecule has 23 heavy (non-hydrogen) atoms. The van der Waals surface area contributed by atoms with Gasteiger partial charge in [-0.2, -0.15) is 0 Å². The number of imidazole rings is 1. The molecule has 0 saturated heterocycles. The number of fused-ring (bicyclic) bond motifs is 1. The summed E-state index contributed by atoms with van der Waals surface area (Å²) in [5.41, 5.74) is 2.33. The summed E-state index contributed by atoms with van der Waals surface area (Å²) in [5, 5.41) is 12.6. The summed E-state index contributed by atoms with van der Waals surface area (Å²) in [7, 11) is 0. The monoisotopic (exact) mass is 373 g/mol. The van der Waals surface area contributed by atoms with Crippen LogP contribution in [0.25, 0.3) is 11.0 Å². The molecule has 0 fully saturated rings. The lowest BCUT2D eigenvalue weighted by Gasteiger charge is -2.08. The van der Waals surface area contributed by atoms with Gasteiger partial charge < -0.3 is 15.0 Å². The summed E-state index contributed by atoms with van der Waals surface area (Å²) in [6.07, 6.45) is 2.59. The van der Waals surface area contributed by atoms with Crippen LogP contribution >= 0.6 is 15.9 Å². The zero-order valence-electron chi connectivity index (χ0n) is 12.4. The number of nitrogens with zero attached hydrogens (tertiary/aromatic N) is 2. The lowest BCUT2D eigenvalue weighted by molar-refractivity contribution is 0.0950. The van der Waals surface area contributed by atoms with E-state index in [1.807, 2.05) is 30.6 Å². The summed E-state index contributed by atoms with van der Waals surface area (Å²) in [4.78, 5) is 16.4. The van der Waals surface area contributed by atoms with Crippen LogP contribution in [0.1, 0.15) is 16.8 Å². The van der Waals surface area contributed by atoms with Crippen molar-refractivity contribution in [2.75, 3.05) is 6.54 Å². The molecule has 0 saturated carbocycles. The van der Waals surface area contributed by atoms with E-state index in [1.54, 1.807) is 12.1 Å². The minimum absolute atomic E-state index is 0.0219. The molecule has 6 heteroatoms. The molecule has 0 spiro atoms. The van der Waals surface area contributed by atoms with Crippen molar-refractivity contribution in [1.29, 1.82) is 0 Å². The molecule has 0 bridgehead atoms. The van der Waals surface area contributed by atoms with E-state index in [4.69, 9.17) is 0 Å². The number of aromatic hydroxyl groups is 1. The molecule has 2 N–H and O–H groups in total. The van der Waals surface area contributed by atoms with Crippen molar-refractivity contribution in [2.24, 2.45) is 0 Å². The fraction of sp³-hybridized carbons (Fsp3) is 0.176. The predicted octanol–water partition coefficient (Wildman–Crippen LogP) is 3.32. The molecular weight excluding hydrogens is 358 g/mol. The van der Waals surface area contributed by atoms with Gasteiger partial charge in [-0.05, 0) is 36.8 Å². The average Bonchev–Trinajstić information content (AvgIpc) is 2.97. The fourth-order valence-electron chi connectivity index (χ4n) is 2.43. The SMILES string of the molecule is O=C(NCCCn1cnc2ccccc21)c1cc(Br)ccc1O. The summed E-state index contributed by atoms with van der Waals surface area (Å²) in [6.45, 7) is 1.29. The molecule has 1 aromatic heterocycles. The minimum atomic E-state index is -0.278. The second kappa shape index (κ2) is 6.83. The lowest BCUT2D eigenvalue weighted by Crippen LogP contribution is -2.25. The van der Waals surface area contributed by atoms with Gasteiger partial charge in [-0.15, -0.1) is 0 Å². The standard InChI is InChI=1S/C17H16BrN3O2/c18-12-6-7-16(22)13(10-12)17(23)19-8-3-9-21-11-20-14-4-1-2-5-15(14)21/h1-2,4-7,10-11,22H,3,8-9H2,(H,19,23). The van der Waals surface area contributed by atoms with Crippen LogP contribution in [0.4, 0.5) is 0 Å². The Morgan fingerprint density at radius 1 is 1.26 bits per heavy atom. The van der Waals surface area contributed by atoms with Crippen molar-refractivity contribution < 1.29 is 9.90 Å². The maximum Gasteiger partial charge on any atom is 0.255 e. The van der Waals surface area contributed by atoms with Crippen LogP contribution in [0.5, 0.6) is 5.75 Å². The van der Waals surface area contributed by atoms with Crippen LogP contribution in [0.2, 0.25) is 0 Å². The van der Waals surface area contributed by atoms with Gasteiger partial charge in [0.25, 0.3) is 5.91 Å². The second-order valence-electron chi connectivity index (χ2n) is 5.20. The van der Waals surface area contributed by atoms with Crippen molar-refractivity contribution in [3.8, 4) is 5.75 Å². The highest BCUT2D eigenvalue weighted by Gasteiger charge is 2.11. The van der Waals surface area contributed by atoms with Gasteiger partial charge in [0.15, 0.2) is 0 Å². The summed E-state index contributed by atoms with van der Waals surface area (Å²) >= 11 is 3.29. The number of rotatable bonds is 5. The first-order chi connectivity index (χ1) is 11.1. The number of carbonyl (C=O) groups is 1. The Morgan fingerprint density at radius 2 is 2.09 bits per heavy atom. The Kier molecular flexibility index (Phi) is 4.62. The lowest BCUT2D eigenvalue weighted by atomic mass is 10.2. The summed E-state index contributed by atoms with van der Waals surface area (Å²) < 4.78 is 2.82. The third-order valence-corrected chi connectivity index (χ3v) is 4.09. The summed E-state index contributed by atoms with van der Waals surface area (Å²) in [5.74, 6) is -0.300. The molecule has 0 atom stereocenters. The van der Waals surface area contributed by atoms with E-state index in [0.29, 0.717) is 6.54 Å². The molecule has 3 rings (SSSR count). The molecule has 1 amide bonds. The molecule has 5 nitrogen and oxygen atoms in total. The Hall–Kier alpha value is -2.34. The third kappa shape index (κ3) is 3.53. The molecule has 118 valence electrons. The number of nitrogens with one attached hydrogen (secondary N) is 1. The first-order valence-corrected chi connectivity index (χ1v) is 8.11. The number of phenols is 1. The average molecular weight is 374 g/mol. The van der Waals surface area contributed by atoms with Crippen LogP contribution in [0.15, 0.2) is 53.3 Å². The normalized spacial score (nSPS) is 10.8. The van der Waals surface area contributed by atoms with Crippen molar-refractivity contribution in [3.05, 3.63) is 58.8 Å². The van der Waals surface area contributed by atoms with Gasteiger partial charge in [-0.3, -0.25) is 4.79 Å². The Balaban J connectivity index is 1.55. The number of hydrogen-bond donors (Lipinski definition) is 2. The van der Waals surface area contributed by atoms with Crippen LogP contribution in [-0.4, -0.2) is 27.1 Å². The van der Waals surface area contributed by atoms with E-state index in [9.17, 15) is 9.90 Å². The molecule has 0 aliphatic carbocycles. The highest BCUT2D eigenvalue weighted by Crippen LogP contribution is 2.21. The zero-order chi connectivity index (χ0) is 16.2. The molecule has 2 aromatic carbocycles. The Bertz CT molecular complexity index is 845. The molecule has 0 aliphatic heterocycles. The van der Waals surface area contributed by atoms with Gasteiger partial charge in [-0.25, -0.2) is 4.98 Å². The van der Waals surface area contributed by atoms with Gasteiger partial charge in [0.1, 0.15) is 5.75 Å². The topological polar surface area (TPSA) is 67.2 Å². The number of halogens is 1. The zero-order valence-corrected chi connectivity index (χ0v) is 14.0. The van der Waals surface area contributed by atoms with Gasteiger partial charge in [0, 0.05) is 17.6 Å². The molecule has 0 radical (unpaired) electrons. The van der Waals surface area contributed by atoms with E-state index in [0.717, 1.165) is 28.5 Å². The number of carbonyl (C=O) groups excluding carboxylic acids is 1. The number of phenolic OH excluding ortho intramolecular Hbond substituents is 1. The van der Waals surface area contributed by atoms with Crippen LogP contribution in [0, 0.1) is 0 Å². The van der Waals surface area contributed by atoms with E-state index in [-0.39, 0.29) is 17.2 Å². The van der Waals surface area contributed by atoms with Crippen molar-refractivity contribution in [2.45, 2.75) is 13.0 Å². The first-order valence-electron chi connectivity index (χ1n) is 7.32. The number of hydrogen-bond acceptors (Lipinski definition) is 3. The van der Waals surface area contributed by atoms with E-state index >= 15 is 0 Å². The second-order valence-corrected chi connectivity index (χ2v) is 6.11. The fourth-order valence-corrected chi connectivity index (χ4v) is 2.79. The van der Waals surface area contributed by atoms with Crippen LogP contribution < -0.4 is 5.32 Å².